The monoisotopic (exact) mass is 251 g/mol. The Labute approximate surface area is 110 Å². The molecule has 3 nitrogen and oxygen atoms in total. The molecule has 0 bridgehead atoms. The van der Waals surface area contributed by atoms with Crippen LogP contribution in [0.15, 0.2) is 18.2 Å². The molecule has 1 aromatic rings. The van der Waals surface area contributed by atoms with E-state index in [0.29, 0.717) is 19.3 Å². The van der Waals surface area contributed by atoms with Gasteiger partial charge in [0.05, 0.1) is 19.3 Å². The molecule has 0 aliphatic rings. The molecule has 0 aliphatic heterocycles. The lowest BCUT2D eigenvalue weighted by molar-refractivity contribution is 0.0641. The van der Waals surface area contributed by atoms with Gasteiger partial charge in [0.25, 0.3) is 0 Å². The lowest BCUT2D eigenvalue weighted by Gasteiger charge is -2.16. The molecule has 0 heterocycles. The van der Waals surface area contributed by atoms with E-state index in [-0.39, 0.29) is 6.10 Å². The number of ether oxygens (including phenoxy) is 2. The third-order valence-electron chi connectivity index (χ3n) is 2.89. The molecule has 1 unspecified atom stereocenters. The average Bonchev–Trinajstić information content (AvgIpc) is 2.36. The third kappa shape index (κ3) is 4.31. The van der Waals surface area contributed by atoms with Crippen molar-refractivity contribution in [3.63, 3.8) is 0 Å². The van der Waals surface area contributed by atoms with Crippen LogP contribution in [-0.2, 0) is 11.3 Å². The van der Waals surface area contributed by atoms with Crippen LogP contribution in [0.25, 0.3) is 0 Å². The van der Waals surface area contributed by atoms with Crippen LogP contribution in [-0.4, -0.2) is 19.8 Å². The highest BCUT2D eigenvalue weighted by Crippen LogP contribution is 2.24. The predicted octanol–water partition coefficient (Wildman–Crippen LogP) is 3.29. The predicted molar refractivity (Wildman–Crippen MR) is 75.0 cm³/mol. The molecule has 0 radical (unpaired) electrons. The Kier molecular flexibility index (Phi) is 6.16. The van der Waals surface area contributed by atoms with Gasteiger partial charge >= 0.3 is 0 Å². The SMILES string of the molecule is CCOc1ccc(C(C)NC)cc1COC(C)C. The van der Waals surface area contributed by atoms with Gasteiger partial charge in [0.2, 0.25) is 0 Å². The van der Waals surface area contributed by atoms with Crippen molar-refractivity contribution in [2.24, 2.45) is 0 Å². The van der Waals surface area contributed by atoms with E-state index in [1.807, 2.05) is 33.9 Å². The Bertz CT molecular complexity index is 364. The summed E-state index contributed by atoms with van der Waals surface area (Å²) in [5.74, 6) is 0.921. The second-order valence-electron chi connectivity index (χ2n) is 4.67. The molecule has 1 atom stereocenters. The molecule has 3 heteroatoms. The number of rotatable bonds is 7. The van der Waals surface area contributed by atoms with Crippen LogP contribution >= 0.6 is 0 Å². The van der Waals surface area contributed by atoms with E-state index in [2.05, 4.69) is 24.4 Å². The van der Waals surface area contributed by atoms with Gasteiger partial charge in [-0.1, -0.05) is 6.07 Å². The summed E-state index contributed by atoms with van der Waals surface area (Å²) >= 11 is 0. The van der Waals surface area contributed by atoms with Crippen molar-refractivity contribution in [1.82, 2.24) is 5.32 Å². The van der Waals surface area contributed by atoms with Crippen molar-refractivity contribution in [1.29, 1.82) is 0 Å². The number of hydrogen-bond donors (Lipinski definition) is 1. The van der Waals surface area contributed by atoms with Gasteiger partial charge < -0.3 is 14.8 Å². The summed E-state index contributed by atoms with van der Waals surface area (Å²) in [7, 11) is 1.96. The maximum atomic E-state index is 5.68. The molecule has 0 saturated heterocycles. The van der Waals surface area contributed by atoms with Crippen molar-refractivity contribution in [2.75, 3.05) is 13.7 Å². The van der Waals surface area contributed by atoms with Crippen molar-refractivity contribution < 1.29 is 9.47 Å². The summed E-state index contributed by atoms with van der Waals surface area (Å²) in [6.07, 6.45) is 0.227. The Balaban J connectivity index is 2.91. The first kappa shape index (κ1) is 15.0. The molecule has 0 saturated carbocycles. The van der Waals surface area contributed by atoms with Gasteiger partial charge in [0.15, 0.2) is 0 Å². The third-order valence-corrected chi connectivity index (χ3v) is 2.89. The maximum absolute atomic E-state index is 5.68. The van der Waals surface area contributed by atoms with Gasteiger partial charge in [-0.3, -0.25) is 0 Å². The minimum Gasteiger partial charge on any atom is -0.494 e. The normalized spacial score (nSPS) is 12.8. The van der Waals surface area contributed by atoms with E-state index >= 15 is 0 Å². The zero-order chi connectivity index (χ0) is 13.5. The zero-order valence-electron chi connectivity index (χ0n) is 12.1. The first-order valence-electron chi connectivity index (χ1n) is 6.63. The molecular weight excluding hydrogens is 226 g/mol. The lowest BCUT2D eigenvalue weighted by Crippen LogP contribution is -2.13. The van der Waals surface area contributed by atoms with E-state index < -0.39 is 0 Å². The smallest absolute Gasteiger partial charge is 0.124 e. The number of benzene rings is 1. The average molecular weight is 251 g/mol. The second-order valence-corrected chi connectivity index (χ2v) is 4.67. The van der Waals surface area contributed by atoms with Gasteiger partial charge in [-0.15, -0.1) is 0 Å². The van der Waals surface area contributed by atoms with Crippen LogP contribution in [0.5, 0.6) is 5.75 Å². The van der Waals surface area contributed by atoms with E-state index in [0.717, 1.165) is 11.3 Å². The minimum atomic E-state index is 0.227. The Morgan fingerprint density at radius 2 is 1.94 bits per heavy atom. The Hall–Kier alpha value is -1.06. The van der Waals surface area contributed by atoms with Gasteiger partial charge in [0.1, 0.15) is 5.75 Å². The summed E-state index contributed by atoms with van der Waals surface area (Å²) in [5, 5.41) is 3.24. The zero-order valence-corrected chi connectivity index (χ0v) is 12.1. The van der Waals surface area contributed by atoms with Gasteiger partial charge in [-0.25, -0.2) is 0 Å². The minimum absolute atomic E-state index is 0.227. The number of hydrogen-bond acceptors (Lipinski definition) is 3. The Morgan fingerprint density at radius 3 is 2.50 bits per heavy atom. The fraction of sp³-hybridized carbons (Fsp3) is 0.600. The van der Waals surface area contributed by atoms with Crippen molar-refractivity contribution in [3.05, 3.63) is 29.3 Å². The summed E-state index contributed by atoms with van der Waals surface area (Å²) in [4.78, 5) is 0. The van der Waals surface area contributed by atoms with Gasteiger partial charge in [0, 0.05) is 11.6 Å². The molecule has 0 fully saturated rings. The molecule has 0 aliphatic carbocycles. The first-order chi connectivity index (χ1) is 8.58. The summed E-state index contributed by atoms with van der Waals surface area (Å²) in [6.45, 7) is 9.49. The first-order valence-corrected chi connectivity index (χ1v) is 6.63. The van der Waals surface area contributed by atoms with Gasteiger partial charge in [-0.2, -0.15) is 0 Å². The van der Waals surface area contributed by atoms with Crippen molar-refractivity contribution in [3.8, 4) is 5.75 Å². The largest absolute Gasteiger partial charge is 0.494 e. The molecule has 1 N–H and O–H groups in total. The van der Waals surface area contributed by atoms with Gasteiger partial charge in [-0.05, 0) is 52.4 Å². The van der Waals surface area contributed by atoms with E-state index in [1.165, 1.54) is 5.56 Å². The van der Waals surface area contributed by atoms with Crippen LogP contribution in [0.3, 0.4) is 0 Å². The highest BCUT2D eigenvalue weighted by atomic mass is 16.5. The second kappa shape index (κ2) is 7.39. The van der Waals surface area contributed by atoms with Crippen LogP contribution < -0.4 is 10.1 Å². The molecular formula is C15H25NO2. The molecule has 0 spiro atoms. The fourth-order valence-corrected chi connectivity index (χ4v) is 1.70. The topological polar surface area (TPSA) is 30.5 Å². The summed E-state index contributed by atoms with van der Waals surface area (Å²) in [5.41, 5.74) is 2.37. The lowest BCUT2D eigenvalue weighted by atomic mass is 10.0. The quantitative estimate of drug-likeness (QED) is 0.806. The maximum Gasteiger partial charge on any atom is 0.124 e. The fourth-order valence-electron chi connectivity index (χ4n) is 1.70. The molecule has 18 heavy (non-hydrogen) atoms. The van der Waals surface area contributed by atoms with E-state index in [1.54, 1.807) is 0 Å². The summed E-state index contributed by atoms with van der Waals surface area (Å²) < 4.78 is 11.3. The standard InChI is InChI=1S/C15H25NO2/c1-6-17-15-8-7-13(12(4)16-5)9-14(15)10-18-11(2)3/h7-9,11-12,16H,6,10H2,1-5H3. The number of nitrogens with one attached hydrogen (secondary N) is 1. The molecule has 102 valence electrons. The molecule has 1 aromatic carbocycles. The summed E-state index contributed by atoms with van der Waals surface area (Å²) in [6, 6.07) is 6.63. The van der Waals surface area contributed by atoms with E-state index in [4.69, 9.17) is 9.47 Å². The van der Waals surface area contributed by atoms with Crippen molar-refractivity contribution in [2.45, 2.75) is 46.4 Å². The molecule has 0 amide bonds. The highest BCUT2D eigenvalue weighted by Gasteiger charge is 2.09. The van der Waals surface area contributed by atoms with Crippen LogP contribution in [0, 0.1) is 0 Å². The van der Waals surface area contributed by atoms with E-state index in [9.17, 15) is 0 Å². The molecule has 0 aromatic heterocycles. The Morgan fingerprint density at radius 1 is 1.22 bits per heavy atom. The van der Waals surface area contributed by atoms with Crippen LogP contribution in [0.1, 0.15) is 44.9 Å². The van der Waals surface area contributed by atoms with Crippen LogP contribution in [0.2, 0.25) is 0 Å². The van der Waals surface area contributed by atoms with Crippen molar-refractivity contribution >= 4 is 0 Å². The molecule has 1 rings (SSSR count). The highest BCUT2D eigenvalue weighted by molar-refractivity contribution is 5.38. The van der Waals surface area contributed by atoms with Crippen LogP contribution in [0.4, 0.5) is 0 Å².